The first-order valence-electron chi connectivity index (χ1n) is 6.35. The molecule has 0 heterocycles. The van der Waals surface area contributed by atoms with E-state index in [1.807, 2.05) is 0 Å². The molecular weight excluding hydrogens is 287 g/mol. The summed E-state index contributed by atoms with van der Waals surface area (Å²) in [6.45, 7) is 0.376. The van der Waals surface area contributed by atoms with Gasteiger partial charge in [0, 0.05) is 15.6 Å². The second kappa shape index (κ2) is 6.60. The fraction of sp³-hybridized carbons (Fsp3) is 0.500. The third-order valence-electron chi connectivity index (χ3n) is 3.55. The number of ether oxygens (including phenoxy) is 1. The standard InChI is InChI=1S/C14H16Cl2O3/c15-12-2-1-3-13(16)11(12)8-19-10-6-4-9(5-7-10)14(17)18/h1-3,9-10H,4-8H2,(H,17,18). The van der Waals surface area contributed by atoms with E-state index < -0.39 is 5.97 Å². The van der Waals surface area contributed by atoms with Gasteiger partial charge in [0.15, 0.2) is 0 Å². The lowest BCUT2D eigenvalue weighted by Gasteiger charge is -2.26. The van der Waals surface area contributed by atoms with Crippen LogP contribution in [0.15, 0.2) is 18.2 Å². The van der Waals surface area contributed by atoms with Crippen molar-refractivity contribution in [3.8, 4) is 0 Å². The van der Waals surface area contributed by atoms with Crippen molar-refractivity contribution in [2.45, 2.75) is 38.4 Å². The Morgan fingerprint density at radius 1 is 1.21 bits per heavy atom. The molecule has 0 bridgehead atoms. The molecule has 0 atom stereocenters. The van der Waals surface area contributed by atoms with Gasteiger partial charge >= 0.3 is 5.97 Å². The van der Waals surface area contributed by atoms with Crippen molar-refractivity contribution >= 4 is 29.2 Å². The van der Waals surface area contributed by atoms with Crippen LogP contribution < -0.4 is 0 Å². The Balaban J connectivity index is 1.86. The molecule has 1 aromatic rings. The molecule has 1 aliphatic rings. The number of halogens is 2. The molecule has 1 saturated carbocycles. The van der Waals surface area contributed by atoms with Gasteiger partial charge in [-0.25, -0.2) is 0 Å². The highest BCUT2D eigenvalue weighted by Crippen LogP contribution is 2.29. The number of hydrogen-bond acceptors (Lipinski definition) is 2. The zero-order valence-electron chi connectivity index (χ0n) is 10.4. The maximum atomic E-state index is 10.9. The third kappa shape index (κ3) is 3.85. The van der Waals surface area contributed by atoms with Gasteiger partial charge in [0.1, 0.15) is 0 Å². The van der Waals surface area contributed by atoms with Crippen molar-refractivity contribution in [1.29, 1.82) is 0 Å². The van der Waals surface area contributed by atoms with E-state index in [-0.39, 0.29) is 12.0 Å². The number of aliphatic carboxylic acids is 1. The Kier molecular flexibility index (Phi) is 5.08. The van der Waals surface area contributed by atoms with Crippen molar-refractivity contribution in [1.82, 2.24) is 0 Å². The molecule has 1 fully saturated rings. The van der Waals surface area contributed by atoms with Crippen LogP contribution in [-0.4, -0.2) is 17.2 Å². The quantitative estimate of drug-likeness (QED) is 0.908. The predicted molar refractivity (Wildman–Crippen MR) is 74.6 cm³/mol. The van der Waals surface area contributed by atoms with E-state index in [4.69, 9.17) is 33.0 Å². The summed E-state index contributed by atoms with van der Waals surface area (Å²) in [6.07, 6.45) is 3.01. The molecule has 2 rings (SSSR count). The first-order valence-corrected chi connectivity index (χ1v) is 7.11. The van der Waals surface area contributed by atoms with Gasteiger partial charge in [-0.3, -0.25) is 4.79 Å². The van der Waals surface area contributed by atoms with E-state index in [0.29, 0.717) is 29.5 Å². The fourth-order valence-corrected chi connectivity index (χ4v) is 2.85. The highest BCUT2D eigenvalue weighted by Gasteiger charge is 2.26. The Hall–Kier alpha value is -0.770. The van der Waals surface area contributed by atoms with E-state index in [2.05, 4.69) is 0 Å². The molecule has 5 heteroatoms. The monoisotopic (exact) mass is 302 g/mol. The average molecular weight is 303 g/mol. The van der Waals surface area contributed by atoms with Crippen molar-refractivity contribution in [2.24, 2.45) is 5.92 Å². The lowest BCUT2D eigenvalue weighted by atomic mass is 9.87. The number of carboxylic acids is 1. The molecule has 1 N–H and O–H groups in total. The molecule has 3 nitrogen and oxygen atoms in total. The van der Waals surface area contributed by atoms with Gasteiger partial charge in [0.05, 0.1) is 18.6 Å². The van der Waals surface area contributed by atoms with Crippen LogP contribution in [0.4, 0.5) is 0 Å². The Morgan fingerprint density at radius 3 is 2.32 bits per heavy atom. The van der Waals surface area contributed by atoms with E-state index in [1.165, 1.54) is 0 Å². The predicted octanol–water partition coefficient (Wildman–Crippen LogP) is 4.15. The molecular formula is C14H16Cl2O3. The Morgan fingerprint density at radius 2 is 1.79 bits per heavy atom. The molecule has 0 saturated heterocycles. The van der Waals surface area contributed by atoms with E-state index in [0.717, 1.165) is 18.4 Å². The highest BCUT2D eigenvalue weighted by molar-refractivity contribution is 6.35. The minimum Gasteiger partial charge on any atom is -0.481 e. The summed E-state index contributed by atoms with van der Waals surface area (Å²) in [5.74, 6) is -0.920. The SMILES string of the molecule is O=C(O)C1CCC(OCc2c(Cl)cccc2Cl)CC1. The molecule has 1 aromatic carbocycles. The molecule has 0 radical (unpaired) electrons. The minimum absolute atomic E-state index is 0.0999. The van der Waals surface area contributed by atoms with Gasteiger partial charge in [0.25, 0.3) is 0 Å². The van der Waals surface area contributed by atoms with Gasteiger partial charge in [-0.2, -0.15) is 0 Å². The van der Waals surface area contributed by atoms with Gasteiger partial charge in [-0.1, -0.05) is 29.3 Å². The van der Waals surface area contributed by atoms with Crippen LogP contribution >= 0.6 is 23.2 Å². The van der Waals surface area contributed by atoms with E-state index >= 15 is 0 Å². The molecule has 1 aliphatic carbocycles. The van der Waals surface area contributed by atoms with Gasteiger partial charge in [-0.05, 0) is 37.8 Å². The largest absolute Gasteiger partial charge is 0.481 e. The minimum atomic E-state index is -0.701. The zero-order chi connectivity index (χ0) is 13.8. The average Bonchev–Trinajstić information content (AvgIpc) is 2.38. The maximum absolute atomic E-state index is 10.9. The molecule has 0 amide bonds. The van der Waals surface area contributed by atoms with E-state index in [1.54, 1.807) is 18.2 Å². The van der Waals surface area contributed by atoms with Crippen LogP contribution in [0.5, 0.6) is 0 Å². The van der Waals surface area contributed by atoms with Crippen molar-refractivity contribution in [3.05, 3.63) is 33.8 Å². The summed E-state index contributed by atoms with van der Waals surface area (Å²) in [6, 6.07) is 5.37. The van der Waals surface area contributed by atoms with Gasteiger partial charge in [-0.15, -0.1) is 0 Å². The van der Waals surface area contributed by atoms with Gasteiger partial charge < -0.3 is 9.84 Å². The second-order valence-electron chi connectivity index (χ2n) is 4.82. The first-order chi connectivity index (χ1) is 9.08. The number of rotatable bonds is 4. The van der Waals surface area contributed by atoms with Crippen LogP contribution in [0.1, 0.15) is 31.2 Å². The fourth-order valence-electron chi connectivity index (χ4n) is 2.35. The highest BCUT2D eigenvalue weighted by atomic mass is 35.5. The number of carboxylic acid groups (broad SMARTS) is 1. The summed E-state index contributed by atoms with van der Waals surface area (Å²) in [4.78, 5) is 10.9. The summed E-state index contributed by atoms with van der Waals surface area (Å²) >= 11 is 12.1. The lowest BCUT2D eigenvalue weighted by molar-refractivity contribution is -0.143. The summed E-state index contributed by atoms with van der Waals surface area (Å²) in [7, 11) is 0. The smallest absolute Gasteiger partial charge is 0.306 e. The van der Waals surface area contributed by atoms with Crippen LogP contribution in [0.25, 0.3) is 0 Å². The van der Waals surface area contributed by atoms with Crippen LogP contribution in [0.3, 0.4) is 0 Å². The number of benzene rings is 1. The van der Waals surface area contributed by atoms with Crippen LogP contribution in [0.2, 0.25) is 10.0 Å². The Labute approximate surface area is 122 Å². The number of hydrogen-bond donors (Lipinski definition) is 1. The number of carbonyl (C=O) groups is 1. The van der Waals surface area contributed by atoms with E-state index in [9.17, 15) is 4.79 Å². The summed E-state index contributed by atoms with van der Waals surface area (Å²) in [5.41, 5.74) is 0.797. The molecule has 0 unspecified atom stereocenters. The first kappa shape index (κ1) is 14.6. The topological polar surface area (TPSA) is 46.5 Å². The normalized spacial score (nSPS) is 23.3. The van der Waals surface area contributed by atoms with Crippen molar-refractivity contribution in [2.75, 3.05) is 0 Å². The van der Waals surface area contributed by atoms with Crippen molar-refractivity contribution < 1.29 is 14.6 Å². The molecule has 0 aromatic heterocycles. The summed E-state index contributed by atoms with van der Waals surface area (Å²) < 4.78 is 5.80. The van der Waals surface area contributed by atoms with Crippen LogP contribution in [0, 0.1) is 5.92 Å². The van der Waals surface area contributed by atoms with Crippen molar-refractivity contribution in [3.63, 3.8) is 0 Å². The Bertz CT molecular complexity index is 434. The third-order valence-corrected chi connectivity index (χ3v) is 4.26. The summed E-state index contributed by atoms with van der Waals surface area (Å²) in [5, 5.41) is 10.1. The molecule has 19 heavy (non-hydrogen) atoms. The second-order valence-corrected chi connectivity index (χ2v) is 5.64. The molecule has 0 spiro atoms. The molecule has 104 valence electrons. The maximum Gasteiger partial charge on any atom is 0.306 e. The molecule has 0 aliphatic heterocycles. The van der Waals surface area contributed by atoms with Gasteiger partial charge in [0.2, 0.25) is 0 Å². The zero-order valence-corrected chi connectivity index (χ0v) is 12.0. The van der Waals surface area contributed by atoms with Crippen LogP contribution in [-0.2, 0) is 16.1 Å². The lowest BCUT2D eigenvalue weighted by Crippen LogP contribution is -2.26.